The van der Waals surface area contributed by atoms with Crippen LogP contribution in [-0.2, 0) is 14.8 Å². The molecule has 1 heterocycles. The van der Waals surface area contributed by atoms with Gasteiger partial charge in [0.2, 0.25) is 15.9 Å². The van der Waals surface area contributed by atoms with Gasteiger partial charge in [-0.2, -0.15) is 0 Å². The summed E-state index contributed by atoms with van der Waals surface area (Å²) in [4.78, 5) is 12.0. The van der Waals surface area contributed by atoms with Crippen LogP contribution in [0.15, 0.2) is 0 Å². The van der Waals surface area contributed by atoms with Crippen molar-refractivity contribution >= 4 is 28.3 Å². The highest BCUT2D eigenvalue weighted by Gasteiger charge is 2.27. The maximum Gasteiger partial charge on any atom is 0.236 e. The van der Waals surface area contributed by atoms with Crippen LogP contribution >= 0.6 is 12.4 Å². The predicted molar refractivity (Wildman–Crippen MR) is 94.2 cm³/mol. The molecule has 1 aliphatic heterocycles. The minimum absolute atomic E-state index is 0. The van der Waals surface area contributed by atoms with Gasteiger partial charge >= 0.3 is 0 Å². The summed E-state index contributed by atoms with van der Waals surface area (Å²) in [7, 11) is -3.54. The summed E-state index contributed by atoms with van der Waals surface area (Å²) in [5.74, 6) is 0.143. The van der Waals surface area contributed by atoms with Crippen LogP contribution in [0, 0.1) is 11.8 Å². The van der Waals surface area contributed by atoms with Gasteiger partial charge < -0.3 is 10.6 Å². The van der Waals surface area contributed by atoms with Gasteiger partial charge in [-0.25, -0.2) is 13.1 Å². The fourth-order valence-electron chi connectivity index (χ4n) is 3.32. The van der Waals surface area contributed by atoms with E-state index in [-0.39, 0.29) is 24.5 Å². The molecule has 2 rings (SSSR count). The minimum atomic E-state index is -3.54. The molecule has 136 valence electrons. The SMILES string of the molecule is CC1CCC(NS(=O)(=O)CC(=O)NC2CCNCC2C)CC1.Cl. The predicted octanol–water partition coefficient (Wildman–Crippen LogP) is 1.02. The summed E-state index contributed by atoms with van der Waals surface area (Å²) in [5, 5.41) is 6.13. The lowest BCUT2D eigenvalue weighted by Gasteiger charge is -2.30. The molecule has 0 aromatic heterocycles. The fraction of sp³-hybridized carbons (Fsp3) is 0.933. The molecule has 2 aliphatic rings. The van der Waals surface area contributed by atoms with Gasteiger partial charge in [-0.05, 0) is 57.0 Å². The molecule has 0 aromatic carbocycles. The van der Waals surface area contributed by atoms with Crippen LogP contribution in [0.4, 0.5) is 0 Å². The number of piperidine rings is 1. The monoisotopic (exact) mass is 367 g/mol. The Morgan fingerprint density at radius 2 is 1.78 bits per heavy atom. The molecule has 2 fully saturated rings. The van der Waals surface area contributed by atoms with E-state index in [2.05, 4.69) is 29.2 Å². The van der Waals surface area contributed by atoms with Crippen LogP contribution in [0.25, 0.3) is 0 Å². The largest absolute Gasteiger partial charge is 0.352 e. The molecular formula is C15H30ClN3O3S. The molecule has 6 nitrogen and oxygen atoms in total. The van der Waals surface area contributed by atoms with Gasteiger partial charge in [0.25, 0.3) is 0 Å². The normalized spacial score (nSPS) is 31.9. The molecule has 2 unspecified atom stereocenters. The highest BCUT2D eigenvalue weighted by atomic mass is 35.5. The summed E-state index contributed by atoms with van der Waals surface area (Å²) in [6, 6.07) is 0.0614. The highest BCUT2D eigenvalue weighted by molar-refractivity contribution is 7.90. The average Bonchev–Trinajstić information content (AvgIpc) is 2.43. The third-order valence-corrected chi connectivity index (χ3v) is 6.15. The lowest BCUT2D eigenvalue weighted by Crippen LogP contribution is -2.50. The van der Waals surface area contributed by atoms with Crippen LogP contribution in [0.1, 0.15) is 46.0 Å². The Kier molecular flexibility index (Phi) is 8.27. The molecule has 3 N–H and O–H groups in total. The minimum Gasteiger partial charge on any atom is -0.352 e. The van der Waals surface area contributed by atoms with E-state index < -0.39 is 21.7 Å². The van der Waals surface area contributed by atoms with Gasteiger partial charge in [-0.1, -0.05) is 13.8 Å². The first-order chi connectivity index (χ1) is 10.4. The molecule has 1 saturated carbocycles. The Hall–Kier alpha value is -0.370. The summed E-state index contributed by atoms with van der Waals surface area (Å²) < 4.78 is 27.0. The second-order valence-corrected chi connectivity index (χ2v) is 8.73. The fourth-order valence-corrected chi connectivity index (χ4v) is 4.58. The zero-order valence-corrected chi connectivity index (χ0v) is 15.6. The third-order valence-electron chi connectivity index (χ3n) is 4.81. The number of nitrogens with one attached hydrogen (secondary N) is 3. The van der Waals surface area contributed by atoms with E-state index in [9.17, 15) is 13.2 Å². The molecule has 23 heavy (non-hydrogen) atoms. The van der Waals surface area contributed by atoms with Crippen LogP contribution in [0.3, 0.4) is 0 Å². The lowest BCUT2D eigenvalue weighted by atomic mass is 9.88. The van der Waals surface area contributed by atoms with Crippen LogP contribution in [0.2, 0.25) is 0 Å². The second kappa shape index (κ2) is 9.20. The van der Waals surface area contributed by atoms with E-state index in [0.29, 0.717) is 11.8 Å². The van der Waals surface area contributed by atoms with Crippen LogP contribution in [-0.4, -0.2) is 45.3 Å². The quantitative estimate of drug-likeness (QED) is 0.677. The van der Waals surface area contributed by atoms with E-state index >= 15 is 0 Å². The smallest absolute Gasteiger partial charge is 0.236 e. The van der Waals surface area contributed by atoms with Crippen molar-refractivity contribution in [3.8, 4) is 0 Å². The van der Waals surface area contributed by atoms with Gasteiger partial charge in [0.1, 0.15) is 5.75 Å². The van der Waals surface area contributed by atoms with Gasteiger partial charge in [0, 0.05) is 12.1 Å². The first kappa shape index (κ1) is 20.7. The van der Waals surface area contributed by atoms with Gasteiger partial charge in [0.15, 0.2) is 0 Å². The van der Waals surface area contributed by atoms with Gasteiger partial charge in [0.05, 0.1) is 0 Å². The molecule has 2 atom stereocenters. The van der Waals surface area contributed by atoms with Crippen molar-refractivity contribution in [3.63, 3.8) is 0 Å². The molecule has 0 spiro atoms. The van der Waals surface area contributed by atoms with Crippen molar-refractivity contribution < 1.29 is 13.2 Å². The highest BCUT2D eigenvalue weighted by Crippen LogP contribution is 2.23. The van der Waals surface area contributed by atoms with Crippen molar-refractivity contribution in [2.24, 2.45) is 11.8 Å². The molecular weight excluding hydrogens is 338 g/mol. The number of hydrogen-bond donors (Lipinski definition) is 3. The van der Waals surface area contributed by atoms with Crippen molar-refractivity contribution in [3.05, 3.63) is 0 Å². The number of amides is 1. The van der Waals surface area contributed by atoms with Gasteiger partial charge in [-0.3, -0.25) is 4.79 Å². The van der Waals surface area contributed by atoms with E-state index in [4.69, 9.17) is 0 Å². The molecule has 1 saturated heterocycles. The van der Waals surface area contributed by atoms with Crippen molar-refractivity contribution in [1.29, 1.82) is 0 Å². The van der Waals surface area contributed by atoms with Crippen molar-refractivity contribution in [1.82, 2.24) is 15.4 Å². The summed E-state index contributed by atoms with van der Waals surface area (Å²) in [5.41, 5.74) is 0. The summed E-state index contributed by atoms with van der Waals surface area (Å²) in [6.07, 6.45) is 4.68. The molecule has 1 aliphatic carbocycles. The van der Waals surface area contributed by atoms with Gasteiger partial charge in [-0.15, -0.1) is 12.4 Å². The van der Waals surface area contributed by atoms with Crippen LogP contribution < -0.4 is 15.4 Å². The molecule has 0 radical (unpaired) electrons. The molecule has 0 bridgehead atoms. The lowest BCUT2D eigenvalue weighted by molar-refractivity contribution is -0.119. The molecule has 0 aromatic rings. The maximum atomic E-state index is 12.1. The summed E-state index contributed by atoms with van der Waals surface area (Å²) >= 11 is 0. The second-order valence-electron chi connectivity index (χ2n) is 6.98. The molecule has 8 heteroatoms. The maximum absolute atomic E-state index is 12.1. The number of halogens is 1. The number of hydrogen-bond acceptors (Lipinski definition) is 4. The zero-order valence-electron chi connectivity index (χ0n) is 14.0. The Balaban J connectivity index is 0.00000264. The number of carbonyl (C=O) groups excluding carboxylic acids is 1. The molecule has 1 amide bonds. The number of rotatable bonds is 5. The van der Waals surface area contributed by atoms with E-state index in [1.807, 2.05) is 0 Å². The first-order valence-electron chi connectivity index (χ1n) is 8.36. The van der Waals surface area contributed by atoms with E-state index in [0.717, 1.165) is 45.2 Å². The Bertz CT molecular complexity index is 478. The Morgan fingerprint density at radius 3 is 2.39 bits per heavy atom. The average molecular weight is 368 g/mol. The zero-order chi connectivity index (χ0) is 16.2. The van der Waals surface area contributed by atoms with Crippen molar-refractivity contribution in [2.75, 3.05) is 18.8 Å². The summed E-state index contributed by atoms with van der Waals surface area (Å²) in [6.45, 7) is 5.97. The van der Waals surface area contributed by atoms with Crippen LogP contribution in [0.5, 0.6) is 0 Å². The Labute approximate surface area is 146 Å². The third kappa shape index (κ3) is 6.95. The number of sulfonamides is 1. The topological polar surface area (TPSA) is 87.3 Å². The van der Waals surface area contributed by atoms with E-state index in [1.165, 1.54) is 0 Å². The number of carbonyl (C=O) groups is 1. The van der Waals surface area contributed by atoms with Crippen molar-refractivity contribution in [2.45, 2.75) is 58.0 Å². The standard InChI is InChI=1S/C15H29N3O3S.ClH/c1-11-3-5-13(6-4-11)18-22(20,21)10-15(19)17-14-7-8-16-9-12(14)2;/h11-14,16,18H,3-10H2,1-2H3,(H,17,19);1H. The van der Waals surface area contributed by atoms with E-state index in [1.54, 1.807) is 0 Å². The first-order valence-corrected chi connectivity index (χ1v) is 10.0. The Morgan fingerprint density at radius 1 is 1.13 bits per heavy atom.